The van der Waals surface area contributed by atoms with Gasteiger partial charge in [0.1, 0.15) is 5.78 Å². The van der Waals surface area contributed by atoms with Crippen LogP contribution in [0, 0.1) is 5.92 Å². The first-order valence-corrected chi connectivity index (χ1v) is 5.97. The van der Waals surface area contributed by atoms with E-state index in [1.165, 1.54) is 0 Å². The molecule has 1 aromatic rings. The number of Topliss-reactive ketones (excluding diaryl/α,β-unsaturated/α-hetero) is 1. The van der Waals surface area contributed by atoms with E-state index >= 15 is 0 Å². The standard InChI is InChI=1S/C14H18O3/c1-9(2)12(6-10(3)15)11-4-5-13-14(7-11)17-8-16-13/h4-5,7,9,12H,6,8H2,1-3H3. The van der Waals surface area contributed by atoms with E-state index in [2.05, 4.69) is 13.8 Å². The van der Waals surface area contributed by atoms with Crippen LogP contribution in [0.3, 0.4) is 0 Å². The molecule has 0 fully saturated rings. The first-order chi connectivity index (χ1) is 8.08. The van der Waals surface area contributed by atoms with Crippen molar-refractivity contribution in [2.24, 2.45) is 5.92 Å². The van der Waals surface area contributed by atoms with Crippen molar-refractivity contribution in [2.45, 2.75) is 33.1 Å². The van der Waals surface area contributed by atoms with Crippen LogP contribution in [-0.2, 0) is 4.79 Å². The van der Waals surface area contributed by atoms with Gasteiger partial charge in [-0.3, -0.25) is 0 Å². The van der Waals surface area contributed by atoms with E-state index in [-0.39, 0.29) is 18.5 Å². The Bertz CT molecular complexity index is 423. The molecule has 0 saturated carbocycles. The molecule has 1 aromatic carbocycles. The summed E-state index contributed by atoms with van der Waals surface area (Å²) in [5.74, 6) is 2.48. The fraction of sp³-hybridized carbons (Fsp3) is 0.500. The highest BCUT2D eigenvalue weighted by Gasteiger charge is 2.21. The van der Waals surface area contributed by atoms with Crippen molar-refractivity contribution in [1.82, 2.24) is 0 Å². The minimum Gasteiger partial charge on any atom is -0.454 e. The van der Waals surface area contributed by atoms with Crippen molar-refractivity contribution in [3.05, 3.63) is 23.8 Å². The van der Waals surface area contributed by atoms with Crippen molar-refractivity contribution in [3.63, 3.8) is 0 Å². The van der Waals surface area contributed by atoms with Crippen LogP contribution >= 0.6 is 0 Å². The van der Waals surface area contributed by atoms with Gasteiger partial charge in [0.25, 0.3) is 0 Å². The maximum Gasteiger partial charge on any atom is 0.231 e. The van der Waals surface area contributed by atoms with Gasteiger partial charge in [-0.05, 0) is 36.5 Å². The molecule has 1 unspecified atom stereocenters. The minimum atomic E-state index is 0.223. The van der Waals surface area contributed by atoms with Gasteiger partial charge in [-0.1, -0.05) is 19.9 Å². The molecule has 0 N–H and O–H groups in total. The quantitative estimate of drug-likeness (QED) is 0.802. The zero-order valence-corrected chi connectivity index (χ0v) is 10.5. The van der Waals surface area contributed by atoms with Crippen LogP contribution in [0.4, 0.5) is 0 Å². The summed E-state index contributed by atoms with van der Waals surface area (Å²) in [7, 11) is 0. The average molecular weight is 234 g/mol. The first kappa shape index (κ1) is 12.0. The Hall–Kier alpha value is -1.51. The lowest BCUT2D eigenvalue weighted by Gasteiger charge is -2.20. The van der Waals surface area contributed by atoms with E-state index in [4.69, 9.17) is 9.47 Å². The van der Waals surface area contributed by atoms with E-state index in [9.17, 15) is 4.79 Å². The molecular weight excluding hydrogens is 216 g/mol. The molecule has 0 saturated heterocycles. The summed E-state index contributed by atoms with van der Waals surface area (Å²) in [6, 6.07) is 5.95. The maximum absolute atomic E-state index is 11.3. The Morgan fingerprint density at radius 3 is 2.65 bits per heavy atom. The molecule has 0 radical (unpaired) electrons. The SMILES string of the molecule is CC(=O)CC(c1ccc2c(c1)OCO2)C(C)C. The van der Waals surface area contributed by atoms with E-state index in [1.54, 1.807) is 6.92 Å². The van der Waals surface area contributed by atoms with Crippen LogP contribution in [0.2, 0.25) is 0 Å². The van der Waals surface area contributed by atoms with Gasteiger partial charge in [0.05, 0.1) is 0 Å². The predicted molar refractivity (Wildman–Crippen MR) is 65.4 cm³/mol. The summed E-state index contributed by atoms with van der Waals surface area (Å²) < 4.78 is 10.7. The van der Waals surface area contributed by atoms with Crippen LogP contribution < -0.4 is 9.47 Å². The number of carbonyl (C=O) groups excluding carboxylic acids is 1. The molecule has 1 aliphatic rings. The number of ether oxygens (including phenoxy) is 2. The highest BCUT2D eigenvalue weighted by atomic mass is 16.7. The Balaban J connectivity index is 2.27. The zero-order chi connectivity index (χ0) is 12.4. The summed E-state index contributed by atoms with van der Waals surface area (Å²) in [4.78, 5) is 11.3. The van der Waals surface area contributed by atoms with Gasteiger partial charge in [-0.25, -0.2) is 0 Å². The smallest absolute Gasteiger partial charge is 0.231 e. The number of hydrogen-bond donors (Lipinski definition) is 0. The molecule has 0 amide bonds. The molecule has 1 aliphatic heterocycles. The molecule has 92 valence electrons. The van der Waals surface area contributed by atoms with Crippen molar-refractivity contribution < 1.29 is 14.3 Å². The zero-order valence-electron chi connectivity index (χ0n) is 10.5. The third-order valence-electron chi connectivity index (χ3n) is 3.14. The van der Waals surface area contributed by atoms with Crippen molar-refractivity contribution in [3.8, 4) is 11.5 Å². The molecule has 0 aliphatic carbocycles. The molecule has 1 heterocycles. The first-order valence-electron chi connectivity index (χ1n) is 5.97. The lowest BCUT2D eigenvalue weighted by molar-refractivity contribution is -0.117. The molecule has 0 bridgehead atoms. The van der Waals surface area contributed by atoms with E-state index in [1.807, 2.05) is 18.2 Å². The fourth-order valence-corrected chi connectivity index (χ4v) is 2.19. The van der Waals surface area contributed by atoms with Gasteiger partial charge in [0, 0.05) is 6.42 Å². The van der Waals surface area contributed by atoms with Crippen molar-refractivity contribution >= 4 is 5.78 Å². The monoisotopic (exact) mass is 234 g/mol. The van der Waals surface area contributed by atoms with Gasteiger partial charge in [-0.2, -0.15) is 0 Å². The van der Waals surface area contributed by atoms with Crippen LogP contribution in [-0.4, -0.2) is 12.6 Å². The third kappa shape index (κ3) is 2.60. The second-order valence-electron chi connectivity index (χ2n) is 4.87. The molecule has 3 heteroatoms. The molecule has 3 nitrogen and oxygen atoms in total. The summed E-state index contributed by atoms with van der Waals surface area (Å²) in [5.41, 5.74) is 1.15. The van der Waals surface area contributed by atoms with Crippen LogP contribution in [0.1, 0.15) is 38.7 Å². The fourth-order valence-electron chi connectivity index (χ4n) is 2.19. The number of rotatable bonds is 4. The topological polar surface area (TPSA) is 35.5 Å². The van der Waals surface area contributed by atoms with Crippen molar-refractivity contribution in [2.75, 3.05) is 6.79 Å². The van der Waals surface area contributed by atoms with Crippen molar-refractivity contribution in [1.29, 1.82) is 0 Å². The second kappa shape index (κ2) is 4.78. The largest absolute Gasteiger partial charge is 0.454 e. The van der Waals surface area contributed by atoms with Gasteiger partial charge >= 0.3 is 0 Å². The van der Waals surface area contributed by atoms with Crippen LogP contribution in [0.5, 0.6) is 11.5 Å². The van der Waals surface area contributed by atoms with Gasteiger partial charge in [-0.15, -0.1) is 0 Å². The number of hydrogen-bond acceptors (Lipinski definition) is 3. The highest BCUT2D eigenvalue weighted by Crippen LogP contribution is 2.37. The number of benzene rings is 1. The van der Waals surface area contributed by atoms with Gasteiger partial charge in [0.15, 0.2) is 11.5 Å². The molecule has 0 spiro atoms. The maximum atomic E-state index is 11.3. The van der Waals surface area contributed by atoms with Crippen LogP contribution in [0.25, 0.3) is 0 Å². The van der Waals surface area contributed by atoms with Crippen LogP contribution in [0.15, 0.2) is 18.2 Å². The van der Waals surface area contributed by atoms with Gasteiger partial charge in [0.2, 0.25) is 6.79 Å². The second-order valence-corrected chi connectivity index (χ2v) is 4.87. The normalized spacial score (nSPS) is 15.1. The number of ketones is 1. The van der Waals surface area contributed by atoms with E-state index < -0.39 is 0 Å². The molecule has 2 rings (SSSR count). The summed E-state index contributed by atoms with van der Waals surface area (Å²) in [6.45, 7) is 6.20. The third-order valence-corrected chi connectivity index (χ3v) is 3.14. The molecule has 0 aromatic heterocycles. The lowest BCUT2D eigenvalue weighted by Crippen LogP contribution is -2.10. The Kier molecular flexibility index (Phi) is 3.36. The summed E-state index contributed by atoms with van der Waals surface area (Å²) >= 11 is 0. The molecule has 1 atom stereocenters. The average Bonchev–Trinajstić information content (AvgIpc) is 2.72. The summed E-state index contributed by atoms with van der Waals surface area (Å²) in [6.07, 6.45) is 0.581. The number of carbonyl (C=O) groups is 1. The Labute approximate surface area is 102 Å². The summed E-state index contributed by atoms with van der Waals surface area (Å²) in [5, 5.41) is 0. The highest BCUT2D eigenvalue weighted by molar-refractivity contribution is 5.76. The molecule has 17 heavy (non-hydrogen) atoms. The molecular formula is C14H18O3. The van der Waals surface area contributed by atoms with Gasteiger partial charge < -0.3 is 14.3 Å². The lowest BCUT2D eigenvalue weighted by atomic mass is 9.84. The van der Waals surface area contributed by atoms with E-state index in [0.717, 1.165) is 17.1 Å². The van der Waals surface area contributed by atoms with E-state index in [0.29, 0.717) is 12.3 Å². The number of fused-ring (bicyclic) bond motifs is 1. The Morgan fingerprint density at radius 1 is 1.29 bits per heavy atom. The predicted octanol–water partition coefficient (Wildman–Crippen LogP) is 3.13. The Morgan fingerprint density at radius 2 is 2.00 bits per heavy atom. The minimum absolute atomic E-state index is 0.223.